The summed E-state index contributed by atoms with van der Waals surface area (Å²) in [6.45, 7) is 5.88. The van der Waals surface area contributed by atoms with Crippen LogP contribution >= 0.6 is 40.7 Å². The molecule has 1 aliphatic rings. The molecule has 0 saturated carbocycles. The van der Waals surface area contributed by atoms with E-state index in [0.29, 0.717) is 5.56 Å². The van der Waals surface area contributed by atoms with Gasteiger partial charge in [-0.2, -0.15) is 5.26 Å². The Morgan fingerprint density at radius 3 is 2.50 bits per heavy atom. The number of phenolic OH excluding ortho intramolecular Hbond substituents is 1. The van der Waals surface area contributed by atoms with Gasteiger partial charge in [-0.05, 0) is 19.1 Å². The maximum atomic E-state index is 10.2. The molecule has 0 aliphatic carbocycles. The van der Waals surface area contributed by atoms with Crippen molar-refractivity contribution in [3.63, 3.8) is 0 Å². The van der Waals surface area contributed by atoms with Crippen LogP contribution < -0.4 is 5.32 Å². The standard InChI is InChI=1S/C13H16BrN3O.2ClH/c1-9(17-6-4-16-5-7-17)12-11(14)3-2-10(8-15)13(12)18;;/h2-3,9,16,18H,4-7H2,1H3;2*1H/t9-;;/m1../s1. The number of hydrogen-bond acceptors (Lipinski definition) is 4. The number of nitriles is 1. The number of rotatable bonds is 2. The molecule has 2 rings (SSSR count). The van der Waals surface area contributed by atoms with Gasteiger partial charge in [0.25, 0.3) is 0 Å². The highest BCUT2D eigenvalue weighted by Crippen LogP contribution is 2.36. The molecule has 0 unspecified atom stereocenters. The lowest BCUT2D eigenvalue weighted by Crippen LogP contribution is -2.44. The van der Waals surface area contributed by atoms with Crippen LogP contribution in [0, 0.1) is 11.3 Å². The maximum Gasteiger partial charge on any atom is 0.139 e. The number of nitrogens with zero attached hydrogens (tertiary/aromatic N) is 2. The van der Waals surface area contributed by atoms with Crippen molar-refractivity contribution < 1.29 is 5.11 Å². The second-order valence-electron chi connectivity index (χ2n) is 4.43. The molecule has 20 heavy (non-hydrogen) atoms. The van der Waals surface area contributed by atoms with Crippen molar-refractivity contribution in [2.24, 2.45) is 0 Å². The molecule has 0 amide bonds. The molecule has 0 aromatic heterocycles. The molecule has 1 aliphatic heterocycles. The van der Waals surface area contributed by atoms with Crippen LogP contribution in [0.5, 0.6) is 5.75 Å². The smallest absolute Gasteiger partial charge is 0.139 e. The number of piperazine rings is 1. The van der Waals surface area contributed by atoms with E-state index in [1.807, 2.05) is 12.1 Å². The molecular weight excluding hydrogens is 365 g/mol. The zero-order valence-corrected chi connectivity index (χ0v) is 14.3. The van der Waals surface area contributed by atoms with Gasteiger partial charge in [-0.1, -0.05) is 15.9 Å². The molecular formula is C13H18BrCl2N3O. The Bertz CT molecular complexity index is 487. The van der Waals surface area contributed by atoms with Crippen LogP contribution in [0.4, 0.5) is 0 Å². The third-order valence-electron chi connectivity index (χ3n) is 3.40. The second kappa shape index (κ2) is 8.71. The number of aromatic hydroxyl groups is 1. The van der Waals surface area contributed by atoms with Gasteiger partial charge in [-0.25, -0.2) is 0 Å². The van der Waals surface area contributed by atoms with Crippen LogP contribution in [0.3, 0.4) is 0 Å². The lowest BCUT2D eigenvalue weighted by atomic mass is 10.0. The van der Waals surface area contributed by atoms with Gasteiger partial charge in [0, 0.05) is 42.3 Å². The van der Waals surface area contributed by atoms with Gasteiger partial charge in [0.1, 0.15) is 11.8 Å². The van der Waals surface area contributed by atoms with E-state index in [0.717, 1.165) is 36.2 Å². The first-order valence-corrected chi connectivity index (χ1v) is 6.80. The molecule has 1 saturated heterocycles. The molecule has 1 fully saturated rings. The average Bonchev–Trinajstić information content (AvgIpc) is 2.40. The summed E-state index contributed by atoms with van der Waals surface area (Å²) < 4.78 is 0.852. The Morgan fingerprint density at radius 2 is 1.95 bits per heavy atom. The van der Waals surface area contributed by atoms with E-state index in [4.69, 9.17) is 5.26 Å². The van der Waals surface area contributed by atoms with Gasteiger partial charge in [-0.3, -0.25) is 4.90 Å². The number of benzene rings is 1. The van der Waals surface area contributed by atoms with E-state index in [9.17, 15) is 5.11 Å². The van der Waals surface area contributed by atoms with Gasteiger partial charge in [0.15, 0.2) is 0 Å². The van der Waals surface area contributed by atoms with E-state index in [1.54, 1.807) is 6.07 Å². The highest BCUT2D eigenvalue weighted by atomic mass is 79.9. The summed E-state index contributed by atoms with van der Waals surface area (Å²) in [4.78, 5) is 2.30. The van der Waals surface area contributed by atoms with Crippen molar-refractivity contribution >= 4 is 40.7 Å². The van der Waals surface area contributed by atoms with Crippen molar-refractivity contribution in [1.82, 2.24) is 10.2 Å². The summed E-state index contributed by atoms with van der Waals surface area (Å²) in [5.74, 6) is 0.0953. The van der Waals surface area contributed by atoms with Crippen LogP contribution in [-0.2, 0) is 0 Å². The van der Waals surface area contributed by atoms with Gasteiger partial charge in [0.2, 0.25) is 0 Å². The number of halogens is 3. The first-order valence-electron chi connectivity index (χ1n) is 6.01. The van der Waals surface area contributed by atoms with Crippen molar-refractivity contribution in [2.75, 3.05) is 26.2 Å². The molecule has 0 radical (unpaired) electrons. The first kappa shape index (κ1) is 19.5. The highest BCUT2D eigenvalue weighted by Gasteiger charge is 2.23. The second-order valence-corrected chi connectivity index (χ2v) is 5.29. The minimum absolute atomic E-state index is 0. The van der Waals surface area contributed by atoms with Crippen molar-refractivity contribution in [3.05, 3.63) is 27.7 Å². The Kier molecular flexibility index (Phi) is 8.48. The lowest BCUT2D eigenvalue weighted by molar-refractivity contribution is 0.182. The molecule has 112 valence electrons. The number of nitrogens with one attached hydrogen (secondary N) is 1. The summed E-state index contributed by atoms with van der Waals surface area (Å²) in [5, 5.41) is 22.5. The van der Waals surface area contributed by atoms with E-state index in [-0.39, 0.29) is 36.6 Å². The monoisotopic (exact) mass is 381 g/mol. The highest BCUT2D eigenvalue weighted by molar-refractivity contribution is 9.10. The molecule has 7 heteroatoms. The normalized spacial score (nSPS) is 16.4. The molecule has 1 aromatic rings. The predicted molar refractivity (Wildman–Crippen MR) is 87.9 cm³/mol. The maximum absolute atomic E-state index is 10.2. The van der Waals surface area contributed by atoms with Crippen LogP contribution in [0.1, 0.15) is 24.1 Å². The molecule has 1 aromatic carbocycles. The van der Waals surface area contributed by atoms with Gasteiger partial charge in [-0.15, -0.1) is 24.8 Å². The Morgan fingerprint density at radius 1 is 1.35 bits per heavy atom. The predicted octanol–water partition coefficient (Wildman–Crippen LogP) is 2.84. The lowest BCUT2D eigenvalue weighted by Gasteiger charge is -2.33. The van der Waals surface area contributed by atoms with Crippen LogP contribution in [-0.4, -0.2) is 36.2 Å². The van der Waals surface area contributed by atoms with Crippen LogP contribution in [0.2, 0.25) is 0 Å². The molecule has 0 spiro atoms. The molecule has 4 nitrogen and oxygen atoms in total. The summed E-state index contributed by atoms with van der Waals surface area (Å²) in [5.41, 5.74) is 1.13. The van der Waals surface area contributed by atoms with Crippen LogP contribution in [0.25, 0.3) is 0 Å². The van der Waals surface area contributed by atoms with Gasteiger partial charge >= 0.3 is 0 Å². The van der Waals surface area contributed by atoms with E-state index in [1.165, 1.54) is 0 Å². The third kappa shape index (κ3) is 4.00. The van der Waals surface area contributed by atoms with Crippen molar-refractivity contribution in [1.29, 1.82) is 5.26 Å². The minimum Gasteiger partial charge on any atom is -0.506 e. The van der Waals surface area contributed by atoms with E-state index < -0.39 is 0 Å². The summed E-state index contributed by atoms with van der Waals surface area (Å²) >= 11 is 3.47. The number of phenols is 1. The average molecular weight is 383 g/mol. The fourth-order valence-corrected chi connectivity index (χ4v) is 2.97. The fourth-order valence-electron chi connectivity index (χ4n) is 2.32. The molecule has 2 N–H and O–H groups in total. The van der Waals surface area contributed by atoms with E-state index >= 15 is 0 Å². The summed E-state index contributed by atoms with van der Waals surface area (Å²) in [6, 6.07) is 5.57. The topological polar surface area (TPSA) is 59.3 Å². The summed E-state index contributed by atoms with van der Waals surface area (Å²) in [7, 11) is 0. The molecule has 0 bridgehead atoms. The molecule has 1 atom stereocenters. The number of hydrogen-bond donors (Lipinski definition) is 2. The summed E-state index contributed by atoms with van der Waals surface area (Å²) in [6.07, 6.45) is 0. The van der Waals surface area contributed by atoms with Crippen LogP contribution in [0.15, 0.2) is 16.6 Å². The zero-order valence-electron chi connectivity index (χ0n) is 11.1. The Labute approximate surface area is 140 Å². The zero-order chi connectivity index (χ0) is 13.1. The molecule has 1 heterocycles. The first-order chi connectivity index (χ1) is 8.65. The SMILES string of the molecule is C[C@H](c1c(Br)ccc(C#N)c1O)N1CCNCC1.Cl.Cl. The minimum atomic E-state index is 0. The third-order valence-corrected chi connectivity index (χ3v) is 4.09. The van der Waals surface area contributed by atoms with Crippen molar-refractivity contribution in [3.8, 4) is 11.8 Å². The largest absolute Gasteiger partial charge is 0.506 e. The van der Waals surface area contributed by atoms with Gasteiger partial charge in [0.05, 0.1) is 5.56 Å². The fraction of sp³-hybridized carbons (Fsp3) is 0.462. The Balaban J connectivity index is 0.00000180. The Hall–Kier alpha value is -0.510. The van der Waals surface area contributed by atoms with Crippen molar-refractivity contribution in [2.45, 2.75) is 13.0 Å². The quantitative estimate of drug-likeness (QED) is 0.825. The van der Waals surface area contributed by atoms with Gasteiger partial charge < -0.3 is 10.4 Å². The van der Waals surface area contributed by atoms with E-state index in [2.05, 4.69) is 33.1 Å².